The lowest BCUT2D eigenvalue weighted by molar-refractivity contribution is 0.0706. The number of aliphatic hydroxyl groups is 1. The molecule has 0 saturated carbocycles. The summed E-state index contributed by atoms with van der Waals surface area (Å²) in [4.78, 5) is 6.35. The van der Waals surface area contributed by atoms with Gasteiger partial charge in [-0.25, -0.2) is 0 Å². The zero-order valence-electron chi connectivity index (χ0n) is 10.6. The van der Waals surface area contributed by atoms with Crippen molar-refractivity contribution < 1.29 is 5.11 Å². The third-order valence-corrected chi connectivity index (χ3v) is 3.35. The Balaban J connectivity index is 2.11. The number of nitrogens with one attached hydrogen (secondary N) is 1. The van der Waals surface area contributed by atoms with E-state index in [-0.39, 0.29) is 11.6 Å². The van der Waals surface area contributed by atoms with Gasteiger partial charge in [0.25, 0.3) is 0 Å². The van der Waals surface area contributed by atoms with Crippen LogP contribution in [0.5, 0.6) is 0 Å². The largest absolute Gasteiger partial charge is 0.390 e. The van der Waals surface area contributed by atoms with E-state index >= 15 is 0 Å². The van der Waals surface area contributed by atoms with Gasteiger partial charge in [0.1, 0.15) is 0 Å². The van der Waals surface area contributed by atoms with E-state index in [1.165, 1.54) is 5.56 Å². The topological polar surface area (TPSA) is 48.4 Å². The number of pyridine rings is 1. The first kappa shape index (κ1) is 12.5. The second-order valence-electron chi connectivity index (χ2n) is 5.33. The zero-order valence-corrected chi connectivity index (χ0v) is 10.6. The smallest absolute Gasteiger partial charge is 0.0791 e. The summed E-state index contributed by atoms with van der Waals surface area (Å²) in [6.45, 7) is 7.56. The van der Waals surface area contributed by atoms with Crippen LogP contribution in [0.25, 0.3) is 0 Å². The third-order valence-electron chi connectivity index (χ3n) is 3.35. The van der Waals surface area contributed by atoms with E-state index in [4.69, 9.17) is 0 Å². The summed E-state index contributed by atoms with van der Waals surface area (Å²) in [5, 5.41) is 13.2. The first-order chi connectivity index (χ1) is 8.08. The van der Waals surface area contributed by atoms with Crippen molar-refractivity contribution in [2.24, 2.45) is 0 Å². The Morgan fingerprint density at radius 3 is 2.88 bits per heavy atom. The van der Waals surface area contributed by atoms with Gasteiger partial charge >= 0.3 is 0 Å². The molecular formula is C13H21N3O. The van der Waals surface area contributed by atoms with Crippen LogP contribution >= 0.6 is 0 Å². The zero-order chi connectivity index (χ0) is 12.3. The lowest BCUT2D eigenvalue weighted by Crippen LogP contribution is -2.48. The van der Waals surface area contributed by atoms with Crippen molar-refractivity contribution in [3.63, 3.8) is 0 Å². The number of rotatable bonds is 2. The second-order valence-corrected chi connectivity index (χ2v) is 5.33. The number of hydrogen-bond acceptors (Lipinski definition) is 4. The fourth-order valence-electron chi connectivity index (χ4n) is 2.21. The summed E-state index contributed by atoms with van der Waals surface area (Å²) in [5.41, 5.74) is 1.29. The minimum atomic E-state index is -0.293. The van der Waals surface area contributed by atoms with Crippen LogP contribution in [0, 0.1) is 0 Å². The van der Waals surface area contributed by atoms with E-state index in [0.29, 0.717) is 13.1 Å². The van der Waals surface area contributed by atoms with Gasteiger partial charge in [-0.05, 0) is 31.5 Å². The van der Waals surface area contributed by atoms with Crippen LogP contribution < -0.4 is 5.32 Å². The molecular weight excluding hydrogens is 214 g/mol. The molecule has 0 spiro atoms. The highest BCUT2D eigenvalue weighted by Crippen LogP contribution is 2.19. The molecule has 1 aliphatic heterocycles. The molecule has 1 saturated heterocycles. The Labute approximate surface area is 103 Å². The maximum absolute atomic E-state index is 9.85. The van der Waals surface area contributed by atoms with Gasteiger partial charge in [-0.15, -0.1) is 0 Å². The highest BCUT2D eigenvalue weighted by molar-refractivity contribution is 5.10. The Morgan fingerprint density at radius 2 is 2.18 bits per heavy atom. The van der Waals surface area contributed by atoms with E-state index < -0.39 is 0 Å². The van der Waals surface area contributed by atoms with Crippen molar-refractivity contribution in [2.45, 2.75) is 32.0 Å². The predicted octanol–water partition coefficient (Wildman–Crippen LogP) is 0.626. The lowest BCUT2D eigenvalue weighted by atomic mass is 10.0. The molecule has 1 atom stereocenters. The van der Waals surface area contributed by atoms with Crippen molar-refractivity contribution in [2.75, 3.05) is 19.6 Å². The number of hydrogen-bond donors (Lipinski definition) is 2. The Bertz CT molecular complexity index is 353. The molecule has 94 valence electrons. The molecule has 1 aromatic rings. The number of nitrogens with zero attached hydrogens (tertiary/aromatic N) is 2. The van der Waals surface area contributed by atoms with Crippen molar-refractivity contribution in [1.82, 2.24) is 15.2 Å². The van der Waals surface area contributed by atoms with Gasteiger partial charge in [-0.3, -0.25) is 9.88 Å². The molecule has 17 heavy (non-hydrogen) atoms. The van der Waals surface area contributed by atoms with E-state index in [0.717, 1.165) is 13.1 Å². The molecule has 2 N–H and O–H groups in total. The summed E-state index contributed by atoms with van der Waals surface area (Å²) in [6, 6.07) is 4.06. The summed E-state index contributed by atoms with van der Waals surface area (Å²) >= 11 is 0. The lowest BCUT2D eigenvalue weighted by Gasteiger charge is -2.37. The summed E-state index contributed by atoms with van der Waals surface area (Å²) < 4.78 is 0. The van der Waals surface area contributed by atoms with E-state index in [1.807, 2.05) is 24.5 Å². The van der Waals surface area contributed by atoms with Gasteiger partial charge in [0.05, 0.1) is 6.10 Å². The van der Waals surface area contributed by atoms with Gasteiger partial charge in [-0.1, -0.05) is 0 Å². The highest BCUT2D eigenvalue weighted by Gasteiger charge is 2.30. The first-order valence-corrected chi connectivity index (χ1v) is 6.11. The monoisotopic (exact) mass is 235 g/mol. The quantitative estimate of drug-likeness (QED) is 0.789. The molecule has 4 heteroatoms. The molecule has 1 aromatic heterocycles. The molecule has 1 aliphatic rings. The van der Waals surface area contributed by atoms with Crippen LogP contribution in [0.2, 0.25) is 0 Å². The molecule has 1 fully saturated rings. The van der Waals surface area contributed by atoms with E-state index in [9.17, 15) is 5.11 Å². The summed E-state index contributed by atoms with van der Waals surface area (Å²) in [7, 11) is 0. The minimum Gasteiger partial charge on any atom is -0.390 e. The second kappa shape index (κ2) is 5.12. The minimum absolute atomic E-state index is 0.0563. The van der Waals surface area contributed by atoms with Gasteiger partial charge in [0.2, 0.25) is 0 Å². The molecule has 0 aromatic carbocycles. The van der Waals surface area contributed by atoms with Gasteiger partial charge < -0.3 is 10.4 Å². The number of aromatic nitrogens is 1. The first-order valence-electron chi connectivity index (χ1n) is 6.11. The SMILES string of the molecule is CC1(C)CNCC(O)CN1Cc1ccncc1. The Morgan fingerprint density at radius 1 is 1.47 bits per heavy atom. The Hall–Kier alpha value is -0.970. The number of aliphatic hydroxyl groups excluding tert-OH is 1. The standard InChI is InChI=1S/C13H21N3O/c1-13(2)10-15-7-12(17)9-16(13)8-11-3-5-14-6-4-11/h3-6,12,15,17H,7-10H2,1-2H3. The normalized spacial score (nSPS) is 25.5. The van der Waals surface area contributed by atoms with Gasteiger partial charge in [0.15, 0.2) is 0 Å². The molecule has 1 unspecified atom stereocenters. The van der Waals surface area contributed by atoms with Crippen molar-refractivity contribution in [1.29, 1.82) is 0 Å². The maximum Gasteiger partial charge on any atom is 0.0791 e. The molecule has 0 bridgehead atoms. The number of β-amino-alcohol motifs (C(OH)–C–C–N with tert-alkyl or cyclic N) is 1. The molecule has 0 radical (unpaired) electrons. The molecule has 2 rings (SSSR count). The highest BCUT2D eigenvalue weighted by atomic mass is 16.3. The molecule has 0 amide bonds. The van der Waals surface area contributed by atoms with Gasteiger partial charge in [0, 0.05) is 44.1 Å². The molecule has 2 heterocycles. The molecule has 0 aliphatic carbocycles. The fourth-order valence-corrected chi connectivity index (χ4v) is 2.21. The summed E-state index contributed by atoms with van der Waals surface area (Å²) in [5.74, 6) is 0. The predicted molar refractivity (Wildman–Crippen MR) is 67.6 cm³/mol. The van der Waals surface area contributed by atoms with Crippen LogP contribution in [0.3, 0.4) is 0 Å². The average molecular weight is 235 g/mol. The van der Waals surface area contributed by atoms with Gasteiger partial charge in [-0.2, -0.15) is 0 Å². The van der Waals surface area contributed by atoms with Crippen LogP contribution in [0.15, 0.2) is 24.5 Å². The fraction of sp³-hybridized carbons (Fsp3) is 0.615. The Kier molecular flexibility index (Phi) is 3.76. The van der Waals surface area contributed by atoms with Crippen molar-refractivity contribution in [3.8, 4) is 0 Å². The maximum atomic E-state index is 9.85. The summed E-state index contributed by atoms with van der Waals surface area (Å²) in [6.07, 6.45) is 3.34. The van der Waals surface area contributed by atoms with Crippen LogP contribution in [0.4, 0.5) is 0 Å². The van der Waals surface area contributed by atoms with E-state index in [1.54, 1.807) is 0 Å². The van der Waals surface area contributed by atoms with Crippen LogP contribution in [-0.4, -0.2) is 46.3 Å². The van der Waals surface area contributed by atoms with Crippen LogP contribution in [0.1, 0.15) is 19.4 Å². The van der Waals surface area contributed by atoms with Crippen molar-refractivity contribution >= 4 is 0 Å². The molecule has 4 nitrogen and oxygen atoms in total. The average Bonchev–Trinajstić information content (AvgIpc) is 2.40. The van der Waals surface area contributed by atoms with Crippen LogP contribution in [-0.2, 0) is 6.54 Å². The van der Waals surface area contributed by atoms with E-state index in [2.05, 4.69) is 29.0 Å². The third kappa shape index (κ3) is 3.25. The van der Waals surface area contributed by atoms with Crippen molar-refractivity contribution in [3.05, 3.63) is 30.1 Å².